The van der Waals surface area contributed by atoms with Crippen LogP contribution in [0.25, 0.3) is 0 Å². The number of carbonyl (C=O) groups is 1. The zero-order valence-electron chi connectivity index (χ0n) is 19.6. The molecule has 1 aromatic carbocycles. The van der Waals surface area contributed by atoms with Crippen molar-refractivity contribution in [1.82, 2.24) is 0 Å². The molecule has 0 amide bonds. The van der Waals surface area contributed by atoms with E-state index in [0.29, 0.717) is 29.6 Å². The van der Waals surface area contributed by atoms with Gasteiger partial charge < -0.3 is 9.84 Å². The smallest absolute Gasteiger partial charge is 0.315 e. The molecule has 0 fully saturated rings. The van der Waals surface area contributed by atoms with E-state index in [2.05, 4.69) is 48.5 Å². The molecule has 0 heterocycles. The Morgan fingerprint density at radius 3 is 2.07 bits per heavy atom. The van der Waals surface area contributed by atoms with Crippen LogP contribution in [-0.4, -0.2) is 23.4 Å². The van der Waals surface area contributed by atoms with Crippen molar-refractivity contribution in [2.45, 2.75) is 79.9 Å². The van der Waals surface area contributed by atoms with E-state index in [0.717, 1.165) is 17.7 Å². The summed E-state index contributed by atoms with van der Waals surface area (Å²) in [6, 6.07) is 7.10. The fourth-order valence-electron chi connectivity index (χ4n) is 3.70. The molecule has 0 aromatic heterocycles. The zero-order chi connectivity index (χ0) is 22.1. The zero-order valence-corrected chi connectivity index (χ0v) is 20.4. The molecule has 0 saturated heterocycles. The van der Waals surface area contributed by atoms with Crippen LogP contribution < -0.4 is 0 Å². The van der Waals surface area contributed by atoms with Crippen molar-refractivity contribution >= 4 is 17.7 Å². The van der Waals surface area contributed by atoms with Crippen LogP contribution in [0.5, 0.6) is 5.75 Å². The van der Waals surface area contributed by atoms with Crippen LogP contribution in [0.2, 0.25) is 0 Å². The molecule has 3 nitrogen and oxygen atoms in total. The fourth-order valence-corrected chi connectivity index (χ4v) is 4.48. The first-order chi connectivity index (χ1) is 13.4. The maximum atomic E-state index is 12.1. The molecule has 0 radical (unpaired) electrons. The van der Waals surface area contributed by atoms with Crippen molar-refractivity contribution in [1.29, 1.82) is 0 Å². The van der Waals surface area contributed by atoms with Gasteiger partial charge in [-0.05, 0) is 53.2 Å². The molecule has 4 heteroatoms. The lowest BCUT2D eigenvalue weighted by Gasteiger charge is -2.38. The predicted molar refractivity (Wildman–Crippen MR) is 125 cm³/mol. The van der Waals surface area contributed by atoms with Gasteiger partial charge >= 0.3 is 5.97 Å². The highest BCUT2D eigenvalue weighted by Crippen LogP contribution is 2.41. The van der Waals surface area contributed by atoms with Crippen LogP contribution in [0.3, 0.4) is 0 Å². The van der Waals surface area contributed by atoms with Gasteiger partial charge in [-0.2, -0.15) is 0 Å². The van der Waals surface area contributed by atoms with Crippen LogP contribution in [0, 0.1) is 22.7 Å². The van der Waals surface area contributed by atoms with Gasteiger partial charge in [0, 0.05) is 5.75 Å². The minimum Gasteiger partial charge on any atom is -0.508 e. The van der Waals surface area contributed by atoms with Crippen molar-refractivity contribution in [2.24, 2.45) is 22.7 Å². The largest absolute Gasteiger partial charge is 0.508 e. The summed E-state index contributed by atoms with van der Waals surface area (Å²) in [6.07, 6.45) is 4.58. The van der Waals surface area contributed by atoms with Crippen molar-refractivity contribution in [2.75, 3.05) is 12.4 Å². The molecule has 0 saturated carbocycles. The van der Waals surface area contributed by atoms with E-state index in [1.54, 1.807) is 23.9 Å². The summed E-state index contributed by atoms with van der Waals surface area (Å²) in [4.78, 5) is 12.1. The highest BCUT2D eigenvalue weighted by atomic mass is 32.2. The normalized spacial score (nSPS) is 14.4. The van der Waals surface area contributed by atoms with Gasteiger partial charge in [-0.25, -0.2) is 0 Å². The van der Waals surface area contributed by atoms with Crippen molar-refractivity contribution in [3.05, 3.63) is 29.8 Å². The standard InChI is InChI=1S/C25H42O3S/c1-8-9-20(24(2,3)4)16-21(25(5,6)7)14-15-28-23(27)18-29-17-19-10-12-22(26)13-11-19/h10-13,20-21,26H,8-9,14-18H2,1-7H3. The lowest BCUT2D eigenvalue weighted by atomic mass is 9.67. The van der Waals surface area contributed by atoms with E-state index in [1.165, 1.54) is 19.3 Å². The van der Waals surface area contributed by atoms with E-state index in [4.69, 9.17) is 4.74 Å². The number of rotatable bonds is 11. The highest BCUT2D eigenvalue weighted by Gasteiger charge is 2.32. The van der Waals surface area contributed by atoms with E-state index < -0.39 is 0 Å². The predicted octanol–water partition coefficient (Wildman–Crippen LogP) is 7.07. The van der Waals surface area contributed by atoms with E-state index in [-0.39, 0.29) is 17.1 Å². The maximum Gasteiger partial charge on any atom is 0.315 e. The first-order valence-corrected chi connectivity index (χ1v) is 12.1. The van der Waals surface area contributed by atoms with Crippen molar-refractivity contribution in [3.63, 3.8) is 0 Å². The van der Waals surface area contributed by atoms with E-state index in [9.17, 15) is 9.90 Å². The van der Waals surface area contributed by atoms with Crippen LogP contribution in [0.1, 0.15) is 79.7 Å². The van der Waals surface area contributed by atoms with Gasteiger partial charge in [0.2, 0.25) is 0 Å². The Balaban J connectivity index is 2.45. The molecular weight excluding hydrogens is 380 g/mol. The van der Waals surface area contributed by atoms with Crippen LogP contribution >= 0.6 is 11.8 Å². The highest BCUT2D eigenvalue weighted by molar-refractivity contribution is 7.99. The molecular formula is C25H42O3S. The number of carbonyl (C=O) groups excluding carboxylic acids is 1. The second-order valence-corrected chi connectivity index (χ2v) is 11.3. The summed E-state index contributed by atoms with van der Waals surface area (Å²) >= 11 is 1.55. The third-order valence-corrected chi connectivity index (χ3v) is 6.79. The van der Waals surface area contributed by atoms with Gasteiger partial charge in [0.25, 0.3) is 0 Å². The Hall–Kier alpha value is -1.16. The lowest BCUT2D eigenvalue weighted by molar-refractivity contribution is -0.141. The molecule has 0 aliphatic heterocycles. The number of aromatic hydroxyl groups is 1. The minimum absolute atomic E-state index is 0.137. The third kappa shape index (κ3) is 10.4. The van der Waals surface area contributed by atoms with Gasteiger partial charge in [-0.15, -0.1) is 11.8 Å². The van der Waals surface area contributed by atoms with Crippen molar-refractivity contribution in [3.8, 4) is 5.75 Å². The van der Waals surface area contributed by atoms with E-state index in [1.807, 2.05) is 12.1 Å². The Kier molecular flexibility index (Phi) is 10.6. The van der Waals surface area contributed by atoms with Gasteiger partial charge in [0.1, 0.15) is 5.75 Å². The van der Waals surface area contributed by atoms with E-state index >= 15 is 0 Å². The summed E-state index contributed by atoms with van der Waals surface area (Å²) in [6.45, 7) is 16.7. The second kappa shape index (κ2) is 11.9. The third-order valence-electron chi connectivity index (χ3n) is 5.81. The topological polar surface area (TPSA) is 46.5 Å². The first kappa shape index (κ1) is 25.9. The molecule has 0 bridgehead atoms. The second-order valence-electron chi connectivity index (χ2n) is 10.3. The summed E-state index contributed by atoms with van der Waals surface area (Å²) in [5.41, 5.74) is 1.61. The molecule has 166 valence electrons. The number of phenols is 1. The molecule has 0 aliphatic carbocycles. The average molecular weight is 423 g/mol. The lowest BCUT2D eigenvalue weighted by Crippen LogP contribution is -2.30. The molecule has 29 heavy (non-hydrogen) atoms. The molecule has 2 atom stereocenters. The summed E-state index contributed by atoms with van der Waals surface area (Å²) in [5.74, 6) is 2.46. The SMILES string of the molecule is CCCC(CC(CCOC(=O)CSCc1ccc(O)cc1)C(C)(C)C)C(C)(C)C. The summed E-state index contributed by atoms with van der Waals surface area (Å²) in [7, 11) is 0. The minimum atomic E-state index is -0.137. The number of hydrogen-bond donors (Lipinski definition) is 1. The Morgan fingerprint density at radius 2 is 1.55 bits per heavy atom. The molecule has 1 rings (SSSR count). The van der Waals surface area contributed by atoms with Crippen LogP contribution in [-0.2, 0) is 15.3 Å². The molecule has 2 unspecified atom stereocenters. The van der Waals surface area contributed by atoms with Gasteiger partial charge in [0.15, 0.2) is 0 Å². The van der Waals surface area contributed by atoms with Crippen LogP contribution in [0.15, 0.2) is 24.3 Å². The number of ether oxygens (including phenoxy) is 1. The summed E-state index contributed by atoms with van der Waals surface area (Å²) in [5, 5.41) is 9.32. The fraction of sp³-hybridized carbons (Fsp3) is 0.720. The number of benzene rings is 1. The number of phenolic OH excluding ortho intramolecular Hbond substituents is 1. The van der Waals surface area contributed by atoms with Gasteiger partial charge in [-0.1, -0.05) is 73.4 Å². The first-order valence-electron chi connectivity index (χ1n) is 10.9. The average Bonchev–Trinajstić information content (AvgIpc) is 2.60. The molecule has 1 N–H and O–H groups in total. The van der Waals surface area contributed by atoms with Gasteiger partial charge in [-0.3, -0.25) is 4.79 Å². The number of esters is 1. The monoisotopic (exact) mass is 422 g/mol. The number of hydrogen-bond acceptors (Lipinski definition) is 4. The van der Waals surface area contributed by atoms with Crippen LogP contribution in [0.4, 0.5) is 0 Å². The quantitative estimate of drug-likeness (QED) is 0.387. The van der Waals surface area contributed by atoms with Crippen molar-refractivity contribution < 1.29 is 14.6 Å². The Labute approximate surface area is 183 Å². The maximum absolute atomic E-state index is 12.1. The summed E-state index contributed by atoms with van der Waals surface area (Å²) < 4.78 is 5.55. The number of thioether (sulfide) groups is 1. The van der Waals surface area contributed by atoms with Gasteiger partial charge in [0.05, 0.1) is 12.4 Å². The molecule has 0 aliphatic rings. The molecule has 0 spiro atoms. The Morgan fingerprint density at radius 1 is 1.00 bits per heavy atom. The molecule has 1 aromatic rings. The Bertz CT molecular complexity index is 596.